The van der Waals surface area contributed by atoms with E-state index < -0.39 is 0 Å². The van der Waals surface area contributed by atoms with Gasteiger partial charge in [0.1, 0.15) is 5.82 Å². The Labute approximate surface area is 126 Å². The molecule has 1 aliphatic carbocycles. The van der Waals surface area contributed by atoms with Gasteiger partial charge in [-0.3, -0.25) is 4.79 Å². The Morgan fingerprint density at radius 1 is 1.38 bits per heavy atom. The summed E-state index contributed by atoms with van der Waals surface area (Å²) in [5.41, 5.74) is 4.17. The normalized spacial score (nSPS) is 14.0. The molecule has 0 saturated heterocycles. The van der Waals surface area contributed by atoms with E-state index >= 15 is 0 Å². The molecule has 0 atom stereocenters. The largest absolute Gasteiger partial charge is 0.338 e. The molecule has 0 bridgehead atoms. The molecule has 5 nitrogen and oxygen atoms in total. The van der Waals surface area contributed by atoms with Gasteiger partial charge >= 0.3 is 0 Å². The smallest absolute Gasteiger partial charge is 0.254 e. The van der Waals surface area contributed by atoms with Crippen LogP contribution >= 0.6 is 0 Å². The van der Waals surface area contributed by atoms with Crippen LogP contribution in [0.5, 0.6) is 0 Å². The molecule has 1 aromatic heterocycles. The predicted molar refractivity (Wildman–Crippen MR) is 85.0 cm³/mol. The number of amides is 1. The van der Waals surface area contributed by atoms with E-state index in [-0.39, 0.29) is 5.91 Å². The highest BCUT2D eigenvalue weighted by Crippen LogP contribution is 2.30. The van der Waals surface area contributed by atoms with Gasteiger partial charge in [-0.15, -0.1) is 0 Å². The van der Waals surface area contributed by atoms with Gasteiger partial charge in [0.05, 0.1) is 0 Å². The second-order valence-electron chi connectivity index (χ2n) is 5.82. The van der Waals surface area contributed by atoms with Crippen molar-refractivity contribution >= 4 is 11.7 Å². The van der Waals surface area contributed by atoms with Crippen molar-refractivity contribution in [3.05, 3.63) is 23.4 Å². The number of aromatic nitrogens is 1. The highest BCUT2D eigenvalue weighted by atomic mass is 16.2. The lowest BCUT2D eigenvalue weighted by atomic mass is 10.1. The molecular weight excluding hydrogens is 264 g/mol. The van der Waals surface area contributed by atoms with E-state index in [2.05, 4.69) is 24.3 Å². The maximum Gasteiger partial charge on any atom is 0.254 e. The third-order valence-electron chi connectivity index (χ3n) is 3.74. The van der Waals surface area contributed by atoms with Crippen molar-refractivity contribution in [1.29, 1.82) is 0 Å². The molecule has 2 rings (SSSR count). The van der Waals surface area contributed by atoms with Crippen molar-refractivity contribution < 1.29 is 4.79 Å². The lowest BCUT2D eigenvalue weighted by molar-refractivity contribution is 0.0747. The molecule has 0 aliphatic heterocycles. The van der Waals surface area contributed by atoms with Gasteiger partial charge < -0.3 is 10.3 Å². The van der Waals surface area contributed by atoms with E-state index in [0.29, 0.717) is 17.3 Å². The van der Waals surface area contributed by atoms with Crippen LogP contribution in [0.1, 0.15) is 55.6 Å². The summed E-state index contributed by atoms with van der Waals surface area (Å²) in [7, 11) is 0. The molecule has 0 spiro atoms. The van der Waals surface area contributed by atoms with Crippen molar-refractivity contribution in [1.82, 2.24) is 9.88 Å². The molecule has 1 heterocycles. The van der Waals surface area contributed by atoms with Crippen LogP contribution in [-0.4, -0.2) is 28.9 Å². The number of anilines is 1. The zero-order valence-electron chi connectivity index (χ0n) is 13.1. The molecule has 21 heavy (non-hydrogen) atoms. The first-order valence-electron chi connectivity index (χ1n) is 7.94. The summed E-state index contributed by atoms with van der Waals surface area (Å²) in [6.07, 6.45) is 5.33. The summed E-state index contributed by atoms with van der Waals surface area (Å²) in [6, 6.07) is 3.65. The fourth-order valence-electron chi connectivity index (χ4n) is 2.51. The Morgan fingerprint density at radius 2 is 2.14 bits per heavy atom. The first kappa shape index (κ1) is 15.8. The number of carbonyl (C=O) groups is 1. The minimum atomic E-state index is 0.0972. The number of rotatable bonds is 8. The Bertz CT molecular complexity index is 485. The van der Waals surface area contributed by atoms with Crippen LogP contribution in [0.3, 0.4) is 0 Å². The van der Waals surface area contributed by atoms with E-state index in [1.54, 1.807) is 6.07 Å². The van der Waals surface area contributed by atoms with Crippen LogP contribution in [0.4, 0.5) is 5.82 Å². The fourth-order valence-corrected chi connectivity index (χ4v) is 2.51. The molecule has 0 unspecified atom stereocenters. The van der Waals surface area contributed by atoms with Gasteiger partial charge in [0, 0.05) is 24.3 Å². The summed E-state index contributed by atoms with van der Waals surface area (Å²) >= 11 is 0. The second kappa shape index (κ2) is 7.41. The number of nitrogens with zero attached hydrogens (tertiary/aromatic N) is 2. The molecular formula is C16H26N4O. The van der Waals surface area contributed by atoms with Crippen LogP contribution in [0.2, 0.25) is 0 Å². The predicted octanol–water partition coefficient (Wildman–Crippen LogP) is 2.58. The molecule has 1 amide bonds. The fraction of sp³-hybridized carbons (Fsp3) is 0.625. The van der Waals surface area contributed by atoms with Crippen LogP contribution in [0.25, 0.3) is 0 Å². The molecule has 3 N–H and O–H groups in total. The monoisotopic (exact) mass is 290 g/mol. The number of hydrogen-bond acceptors (Lipinski definition) is 4. The van der Waals surface area contributed by atoms with Crippen molar-refractivity contribution in [3.63, 3.8) is 0 Å². The molecule has 116 valence electrons. The summed E-state index contributed by atoms with van der Waals surface area (Å²) in [4.78, 5) is 19.1. The van der Waals surface area contributed by atoms with Crippen LogP contribution in [-0.2, 0) is 6.42 Å². The topological polar surface area (TPSA) is 71.2 Å². The first-order chi connectivity index (χ1) is 10.2. The minimum absolute atomic E-state index is 0.0972. The number of hydrogen-bond donors (Lipinski definition) is 2. The van der Waals surface area contributed by atoms with Gasteiger partial charge in [0.15, 0.2) is 0 Å². The number of hydrazine groups is 1. The van der Waals surface area contributed by atoms with Gasteiger partial charge in [-0.2, -0.15) is 0 Å². The molecule has 0 aromatic carbocycles. The molecule has 5 heteroatoms. The zero-order chi connectivity index (χ0) is 15.2. The quantitative estimate of drug-likeness (QED) is 0.570. The van der Waals surface area contributed by atoms with Gasteiger partial charge in [0.2, 0.25) is 0 Å². The summed E-state index contributed by atoms with van der Waals surface area (Å²) in [5, 5.41) is 0. The number of nitrogens with one attached hydrogen (secondary N) is 1. The van der Waals surface area contributed by atoms with Crippen LogP contribution < -0.4 is 11.3 Å². The lowest BCUT2D eigenvalue weighted by Gasteiger charge is -2.22. The average Bonchev–Trinajstić information content (AvgIpc) is 3.30. The number of aryl methyl sites for hydroxylation is 1. The van der Waals surface area contributed by atoms with E-state index in [1.165, 1.54) is 12.8 Å². The molecule has 1 aromatic rings. The lowest BCUT2D eigenvalue weighted by Crippen LogP contribution is -2.33. The standard InChI is InChI=1S/C16H26N4O/c1-3-5-14-9-13(10-15(18-14)19-17)16(21)20(8-4-2)11-12-6-7-12/h9-10,12H,3-8,11,17H2,1-2H3,(H,18,19). The molecule has 0 radical (unpaired) electrons. The summed E-state index contributed by atoms with van der Waals surface area (Å²) < 4.78 is 0. The maximum absolute atomic E-state index is 12.8. The Morgan fingerprint density at radius 3 is 2.71 bits per heavy atom. The minimum Gasteiger partial charge on any atom is -0.338 e. The highest BCUT2D eigenvalue weighted by Gasteiger charge is 2.27. The molecule has 1 saturated carbocycles. The Kier molecular flexibility index (Phi) is 5.56. The van der Waals surface area contributed by atoms with Crippen LogP contribution in [0, 0.1) is 5.92 Å². The second-order valence-corrected chi connectivity index (χ2v) is 5.82. The van der Waals surface area contributed by atoms with Gasteiger partial charge in [-0.1, -0.05) is 20.3 Å². The van der Waals surface area contributed by atoms with Crippen molar-refractivity contribution in [3.8, 4) is 0 Å². The van der Waals surface area contributed by atoms with Crippen LogP contribution in [0.15, 0.2) is 12.1 Å². The SMILES string of the molecule is CCCc1cc(C(=O)N(CCC)CC2CC2)cc(NN)n1. The van der Waals surface area contributed by atoms with E-state index in [4.69, 9.17) is 5.84 Å². The number of pyridine rings is 1. The van der Waals surface area contributed by atoms with Gasteiger partial charge in [-0.05, 0) is 43.7 Å². The Balaban J connectivity index is 2.19. The molecule has 1 fully saturated rings. The van der Waals surface area contributed by atoms with Gasteiger partial charge in [-0.25, -0.2) is 10.8 Å². The highest BCUT2D eigenvalue weighted by molar-refractivity contribution is 5.95. The van der Waals surface area contributed by atoms with Gasteiger partial charge in [0.25, 0.3) is 5.91 Å². The Hall–Kier alpha value is -1.62. The molecule has 1 aliphatic rings. The summed E-state index contributed by atoms with van der Waals surface area (Å²) in [5.74, 6) is 6.83. The summed E-state index contributed by atoms with van der Waals surface area (Å²) in [6.45, 7) is 5.90. The van der Waals surface area contributed by atoms with E-state index in [0.717, 1.165) is 38.0 Å². The number of nitrogens with two attached hydrogens (primary N) is 1. The van der Waals surface area contributed by atoms with E-state index in [9.17, 15) is 4.79 Å². The number of nitrogen functional groups attached to an aromatic ring is 1. The van der Waals surface area contributed by atoms with Crippen molar-refractivity contribution in [2.45, 2.75) is 46.0 Å². The number of carbonyl (C=O) groups excluding carboxylic acids is 1. The van der Waals surface area contributed by atoms with E-state index in [1.807, 2.05) is 11.0 Å². The maximum atomic E-state index is 12.8. The van der Waals surface area contributed by atoms with Crippen molar-refractivity contribution in [2.75, 3.05) is 18.5 Å². The van der Waals surface area contributed by atoms with Crippen molar-refractivity contribution in [2.24, 2.45) is 11.8 Å². The first-order valence-corrected chi connectivity index (χ1v) is 7.94. The third kappa shape index (κ3) is 4.43. The third-order valence-corrected chi connectivity index (χ3v) is 3.74. The zero-order valence-corrected chi connectivity index (χ0v) is 13.1. The average molecular weight is 290 g/mol.